The molecule has 1 aliphatic rings. The number of nitrogens with zero attached hydrogens (tertiary/aromatic N) is 4. The Balaban J connectivity index is 1.68. The molecule has 3 heterocycles. The van der Waals surface area contributed by atoms with E-state index < -0.39 is 10.0 Å². The van der Waals surface area contributed by atoms with Crippen LogP contribution in [0.1, 0.15) is 12.8 Å². The molecule has 2 aromatic heterocycles. The SMILES string of the molecule is CN(C)c1ccc(OC2CCCN(S(=O)(=O)c3ccc(Cl)s3)C2)nn1. The second-order valence-electron chi connectivity index (χ2n) is 5.93. The molecule has 1 atom stereocenters. The van der Waals surface area contributed by atoms with E-state index in [1.807, 2.05) is 25.1 Å². The third-order valence-electron chi connectivity index (χ3n) is 3.86. The zero-order valence-electron chi connectivity index (χ0n) is 13.9. The Morgan fingerprint density at radius 3 is 2.68 bits per heavy atom. The maximum Gasteiger partial charge on any atom is 0.252 e. The largest absolute Gasteiger partial charge is 0.472 e. The van der Waals surface area contributed by atoms with Crippen LogP contribution in [-0.2, 0) is 10.0 Å². The number of ether oxygens (including phenoxy) is 1. The topological polar surface area (TPSA) is 75.6 Å². The molecule has 10 heteroatoms. The highest BCUT2D eigenvalue weighted by Gasteiger charge is 2.32. The molecule has 3 rings (SSSR count). The molecule has 2 aromatic rings. The van der Waals surface area contributed by atoms with E-state index in [1.54, 1.807) is 12.1 Å². The van der Waals surface area contributed by atoms with E-state index in [0.29, 0.717) is 16.8 Å². The van der Waals surface area contributed by atoms with Crippen LogP contribution in [0.25, 0.3) is 0 Å². The molecule has 0 aliphatic carbocycles. The van der Waals surface area contributed by atoms with E-state index in [2.05, 4.69) is 10.2 Å². The normalized spacial score (nSPS) is 18.9. The molecule has 0 spiro atoms. The summed E-state index contributed by atoms with van der Waals surface area (Å²) in [6.45, 7) is 0.762. The van der Waals surface area contributed by atoms with Gasteiger partial charge in [0.2, 0.25) is 5.88 Å². The van der Waals surface area contributed by atoms with Gasteiger partial charge in [0.1, 0.15) is 10.3 Å². The lowest BCUT2D eigenvalue weighted by atomic mass is 10.1. The summed E-state index contributed by atoms with van der Waals surface area (Å²) in [7, 11) is 0.221. The Labute approximate surface area is 156 Å². The van der Waals surface area contributed by atoms with Gasteiger partial charge in [-0.25, -0.2) is 8.42 Å². The van der Waals surface area contributed by atoms with E-state index in [9.17, 15) is 8.42 Å². The summed E-state index contributed by atoms with van der Waals surface area (Å²) < 4.78 is 33.4. The molecule has 136 valence electrons. The van der Waals surface area contributed by atoms with E-state index in [0.717, 1.165) is 30.0 Å². The van der Waals surface area contributed by atoms with Crippen molar-refractivity contribution < 1.29 is 13.2 Å². The quantitative estimate of drug-likeness (QED) is 0.764. The minimum Gasteiger partial charge on any atom is -0.472 e. The van der Waals surface area contributed by atoms with Crippen LogP contribution in [0.2, 0.25) is 4.34 Å². The van der Waals surface area contributed by atoms with Crippen molar-refractivity contribution in [2.45, 2.75) is 23.2 Å². The zero-order valence-corrected chi connectivity index (χ0v) is 16.3. The highest BCUT2D eigenvalue weighted by molar-refractivity contribution is 7.91. The molecule has 1 aliphatic heterocycles. The maximum absolute atomic E-state index is 12.7. The van der Waals surface area contributed by atoms with Gasteiger partial charge in [-0.3, -0.25) is 0 Å². The highest BCUT2D eigenvalue weighted by Crippen LogP contribution is 2.30. The summed E-state index contributed by atoms with van der Waals surface area (Å²) in [5, 5.41) is 8.11. The fourth-order valence-electron chi connectivity index (χ4n) is 2.57. The van der Waals surface area contributed by atoms with Gasteiger partial charge in [-0.15, -0.1) is 21.5 Å². The van der Waals surface area contributed by atoms with Gasteiger partial charge in [0.15, 0.2) is 5.82 Å². The molecular weight excluding hydrogens is 384 g/mol. The van der Waals surface area contributed by atoms with Crippen LogP contribution >= 0.6 is 22.9 Å². The number of hydrogen-bond donors (Lipinski definition) is 0. The highest BCUT2D eigenvalue weighted by atomic mass is 35.5. The smallest absolute Gasteiger partial charge is 0.252 e. The molecule has 0 saturated carbocycles. The Morgan fingerprint density at radius 1 is 1.28 bits per heavy atom. The van der Waals surface area contributed by atoms with Crippen molar-refractivity contribution in [2.75, 3.05) is 32.1 Å². The van der Waals surface area contributed by atoms with Gasteiger partial charge in [0.25, 0.3) is 10.0 Å². The van der Waals surface area contributed by atoms with Gasteiger partial charge >= 0.3 is 0 Å². The van der Waals surface area contributed by atoms with Crippen LogP contribution in [0.15, 0.2) is 28.5 Å². The number of rotatable bonds is 5. The zero-order chi connectivity index (χ0) is 18.0. The number of halogens is 1. The van der Waals surface area contributed by atoms with Crippen molar-refractivity contribution in [1.29, 1.82) is 0 Å². The fourth-order valence-corrected chi connectivity index (χ4v) is 5.72. The summed E-state index contributed by atoms with van der Waals surface area (Å²) in [4.78, 5) is 1.85. The van der Waals surface area contributed by atoms with Crippen molar-refractivity contribution in [3.63, 3.8) is 0 Å². The fraction of sp³-hybridized carbons (Fsp3) is 0.467. The number of aromatic nitrogens is 2. The summed E-state index contributed by atoms with van der Waals surface area (Å²) in [6, 6.07) is 6.69. The predicted octanol–water partition coefficient (Wildman–Crippen LogP) is 2.49. The summed E-state index contributed by atoms with van der Waals surface area (Å²) in [5.74, 6) is 1.13. The van der Waals surface area contributed by atoms with Crippen LogP contribution in [0, 0.1) is 0 Å². The first-order valence-electron chi connectivity index (χ1n) is 7.79. The summed E-state index contributed by atoms with van der Waals surface area (Å²) in [6.07, 6.45) is 1.25. The number of piperidine rings is 1. The molecule has 25 heavy (non-hydrogen) atoms. The number of thiophene rings is 1. The lowest BCUT2D eigenvalue weighted by molar-refractivity contribution is 0.123. The van der Waals surface area contributed by atoms with Crippen molar-refractivity contribution in [2.24, 2.45) is 0 Å². The average Bonchev–Trinajstić information content (AvgIpc) is 3.03. The number of hydrogen-bond acceptors (Lipinski definition) is 7. The third kappa shape index (κ3) is 4.22. The van der Waals surface area contributed by atoms with Crippen LogP contribution in [0.4, 0.5) is 5.82 Å². The second-order valence-corrected chi connectivity index (χ2v) is 9.81. The van der Waals surface area contributed by atoms with Gasteiger partial charge in [-0.2, -0.15) is 4.31 Å². The third-order valence-corrected chi connectivity index (χ3v) is 7.42. The molecule has 0 amide bonds. The first kappa shape index (κ1) is 18.4. The van der Waals surface area contributed by atoms with Crippen LogP contribution in [-0.4, -0.2) is 56.2 Å². The molecule has 1 fully saturated rings. The van der Waals surface area contributed by atoms with Crippen LogP contribution in [0.5, 0.6) is 5.88 Å². The van der Waals surface area contributed by atoms with Crippen molar-refractivity contribution in [3.05, 3.63) is 28.6 Å². The number of sulfonamides is 1. The Hall–Kier alpha value is -1.42. The first-order valence-corrected chi connectivity index (χ1v) is 10.4. The lowest BCUT2D eigenvalue weighted by Gasteiger charge is -2.31. The average molecular weight is 403 g/mol. The van der Waals surface area contributed by atoms with E-state index >= 15 is 0 Å². The van der Waals surface area contributed by atoms with Gasteiger partial charge in [0, 0.05) is 26.7 Å². The van der Waals surface area contributed by atoms with E-state index in [4.69, 9.17) is 16.3 Å². The molecule has 1 saturated heterocycles. The van der Waals surface area contributed by atoms with Gasteiger partial charge in [0.05, 0.1) is 10.9 Å². The lowest BCUT2D eigenvalue weighted by Crippen LogP contribution is -2.44. The summed E-state index contributed by atoms with van der Waals surface area (Å²) in [5.41, 5.74) is 0. The molecule has 7 nitrogen and oxygen atoms in total. The van der Waals surface area contributed by atoms with E-state index in [-0.39, 0.29) is 16.9 Å². The predicted molar refractivity (Wildman–Crippen MR) is 98.1 cm³/mol. The van der Waals surface area contributed by atoms with Gasteiger partial charge in [-0.05, 0) is 31.0 Å². The minimum absolute atomic E-state index is 0.251. The molecule has 1 unspecified atom stereocenters. The first-order chi connectivity index (χ1) is 11.9. The van der Waals surface area contributed by atoms with E-state index in [1.165, 1.54) is 10.4 Å². The van der Waals surface area contributed by atoms with Gasteiger partial charge < -0.3 is 9.64 Å². The standard InChI is InChI=1S/C15H19ClN4O3S2/c1-19(2)13-6-7-14(18-17-13)23-11-4-3-9-20(10-11)25(21,22)15-8-5-12(16)24-15/h5-8,11H,3-4,9-10H2,1-2H3. The number of anilines is 1. The maximum atomic E-state index is 12.7. The Morgan fingerprint density at radius 2 is 2.08 bits per heavy atom. The molecule has 0 radical (unpaired) electrons. The Bertz CT molecular complexity index is 824. The summed E-state index contributed by atoms with van der Waals surface area (Å²) >= 11 is 6.93. The molecule has 0 N–H and O–H groups in total. The van der Waals surface area contributed by atoms with Crippen molar-refractivity contribution in [3.8, 4) is 5.88 Å². The van der Waals surface area contributed by atoms with Crippen molar-refractivity contribution in [1.82, 2.24) is 14.5 Å². The van der Waals surface area contributed by atoms with Crippen molar-refractivity contribution >= 4 is 38.8 Å². The van der Waals surface area contributed by atoms with Gasteiger partial charge in [-0.1, -0.05) is 11.6 Å². The molecule has 0 aromatic carbocycles. The molecule has 0 bridgehead atoms. The second kappa shape index (κ2) is 7.45. The minimum atomic E-state index is -3.54. The molecular formula is C15H19ClN4O3S2. The monoisotopic (exact) mass is 402 g/mol. The van der Waals surface area contributed by atoms with Crippen LogP contribution in [0.3, 0.4) is 0 Å². The Kier molecular flexibility index (Phi) is 5.47. The van der Waals surface area contributed by atoms with Crippen LogP contribution < -0.4 is 9.64 Å².